The molecule has 0 aromatic heterocycles. The van der Waals surface area contributed by atoms with Crippen LogP contribution >= 0.6 is 0 Å². The first kappa shape index (κ1) is 13.0. The molecule has 0 amide bonds. The summed E-state index contributed by atoms with van der Waals surface area (Å²) in [6.45, 7) is 9.98. The molecule has 16 heavy (non-hydrogen) atoms. The summed E-state index contributed by atoms with van der Waals surface area (Å²) >= 11 is 0. The molecule has 0 bridgehead atoms. The van der Waals surface area contributed by atoms with Gasteiger partial charge in [0.25, 0.3) is 0 Å². The molecule has 1 saturated carbocycles. The van der Waals surface area contributed by atoms with Crippen molar-refractivity contribution in [2.75, 3.05) is 0 Å². The summed E-state index contributed by atoms with van der Waals surface area (Å²) in [4.78, 5) is 4.64. The van der Waals surface area contributed by atoms with Gasteiger partial charge in [-0.25, -0.2) is 0 Å². The average molecular weight is 218 g/mol. The molecule has 0 unspecified atom stereocenters. The highest BCUT2D eigenvalue weighted by atomic mass is 14.8. The van der Waals surface area contributed by atoms with Crippen molar-refractivity contribution in [3.8, 4) is 6.07 Å². The Bertz CT molecular complexity index is 325. The molecular weight excluding hydrogens is 196 g/mol. The lowest BCUT2D eigenvalue weighted by molar-refractivity contribution is 0.440. The van der Waals surface area contributed by atoms with Crippen molar-refractivity contribution in [2.24, 2.45) is 10.4 Å². The van der Waals surface area contributed by atoms with Crippen LogP contribution in [0.5, 0.6) is 0 Å². The highest BCUT2D eigenvalue weighted by Crippen LogP contribution is 2.28. The molecule has 0 heterocycles. The Hall–Kier alpha value is -1.10. The molecule has 2 nitrogen and oxygen atoms in total. The maximum absolute atomic E-state index is 9.22. The molecule has 0 radical (unpaired) electrons. The standard InChI is InChI=1S/C14H22N2/c1-11(2)14(3,4)13(10-15)16-12-8-6-5-7-9-12/h12H,1,5-9H2,2-4H3. The maximum Gasteiger partial charge on any atom is 0.122 e. The zero-order chi connectivity index (χ0) is 12.2. The maximum atomic E-state index is 9.22. The highest BCUT2D eigenvalue weighted by Gasteiger charge is 2.27. The van der Waals surface area contributed by atoms with Crippen LogP contribution in [-0.4, -0.2) is 11.8 Å². The number of hydrogen-bond acceptors (Lipinski definition) is 2. The third-order valence-corrected chi connectivity index (χ3v) is 3.65. The molecule has 1 aliphatic carbocycles. The predicted octanol–water partition coefficient (Wildman–Crippen LogP) is 3.89. The number of hydrogen-bond donors (Lipinski definition) is 0. The van der Waals surface area contributed by atoms with E-state index in [1.807, 2.05) is 20.8 Å². The molecule has 2 heteroatoms. The van der Waals surface area contributed by atoms with Crippen molar-refractivity contribution in [1.29, 1.82) is 5.26 Å². The van der Waals surface area contributed by atoms with E-state index >= 15 is 0 Å². The van der Waals surface area contributed by atoms with Gasteiger partial charge in [-0.2, -0.15) is 5.26 Å². The zero-order valence-corrected chi connectivity index (χ0v) is 10.7. The largest absolute Gasteiger partial charge is 0.274 e. The first-order valence-corrected chi connectivity index (χ1v) is 6.13. The molecule has 0 aromatic carbocycles. The van der Waals surface area contributed by atoms with Crippen LogP contribution in [0.3, 0.4) is 0 Å². The molecule has 0 saturated heterocycles. The fourth-order valence-corrected chi connectivity index (χ4v) is 1.92. The molecule has 0 aromatic rings. The summed E-state index contributed by atoms with van der Waals surface area (Å²) < 4.78 is 0. The second-order valence-corrected chi connectivity index (χ2v) is 5.29. The Balaban J connectivity index is 2.85. The van der Waals surface area contributed by atoms with Gasteiger partial charge in [-0.15, -0.1) is 0 Å². The average Bonchev–Trinajstić information content (AvgIpc) is 2.26. The molecular formula is C14H22N2. The van der Waals surface area contributed by atoms with Gasteiger partial charge in [-0.05, 0) is 33.6 Å². The van der Waals surface area contributed by atoms with Gasteiger partial charge in [0.2, 0.25) is 0 Å². The molecule has 1 fully saturated rings. The van der Waals surface area contributed by atoms with Gasteiger partial charge >= 0.3 is 0 Å². The lowest BCUT2D eigenvalue weighted by atomic mass is 9.81. The Morgan fingerprint density at radius 1 is 1.31 bits per heavy atom. The summed E-state index contributed by atoms with van der Waals surface area (Å²) in [7, 11) is 0. The second-order valence-electron chi connectivity index (χ2n) is 5.29. The molecule has 88 valence electrons. The van der Waals surface area contributed by atoms with Gasteiger partial charge in [0, 0.05) is 5.41 Å². The molecule has 1 rings (SSSR count). The third-order valence-electron chi connectivity index (χ3n) is 3.65. The van der Waals surface area contributed by atoms with Gasteiger partial charge < -0.3 is 0 Å². The van der Waals surface area contributed by atoms with Gasteiger partial charge in [-0.1, -0.05) is 31.4 Å². The van der Waals surface area contributed by atoms with Crippen LogP contribution in [0.1, 0.15) is 52.9 Å². The smallest absolute Gasteiger partial charge is 0.122 e. The SMILES string of the molecule is C=C(C)C(C)(C)C(C#N)=NC1CCCCC1. The zero-order valence-electron chi connectivity index (χ0n) is 10.7. The van der Waals surface area contributed by atoms with Gasteiger partial charge in [-0.3, -0.25) is 4.99 Å². The summed E-state index contributed by atoms with van der Waals surface area (Å²) in [6, 6.07) is 2.62. The molecule has 0 spiro atoms. The lowest BCUT2D eigenvalue weighted by Gasteiger charge is -2.26. The normalized spacial score (nSPS) is 19.2. The van der Waals surface area contributed by atoms with Crippen LogP contribution in [-0.2, 0) is 0 Å². The summed E-state index contributed by atoms with van der Waals surface area (Å²) in [5.41, 5.74) is 1.36. The van der Waals surface area contributed by atoms with E-state index in [1.54, 1.807) is 0 Å². The predicted molar refractivity (Wildman–Crippen MR) is 68.5 cm³/mol. The van der Waals surface area contributed by atoms with E-state index in [0.29, 0.717) is 11.8 Å². The van der Waals surface area contributed by atoms with Crippen molar-refractivity contribution in [3.05, 3.63) is 12.2 Å². The summed E-state index contributed by atoms with van der Waals surface area (Å²) in [6.07, 6.45) is 6.09. The first-order valence-electron chi connectivity index (χ1n) is 6.13. The monoisotopic (exact) mass is 218 g/mol. The van der Waals surface area contributed by atoms with Crippen LogP contribution in [0.25, 0.3) is 0 Å². The van der Waals surface area contributed by atoms with Crippen molar-refractivity contribution < 1.29 is 0 Å². The quantitative estimate of drug-likeness (QED) is 0.523. The van der Waals surface area contributed by atoms with E-state index in [4.69, 9.17) is 0 Å². The Kier molecular flexibility index (Phi) is 4.29. The minimum Gasteiger partial charge on any atom is -0.274 e. The van der Waals surface area contributed by atoms with Crippen LogP contribution in [0.4, 0.5) is 0 Å². The van der Waals surface area contributed by atoms with Crippen LogP contribution in [0.2, 0.25) is 0 Å². The molecule has 0 N–H and O–H groups in total. The number of nitriles is 1. The van der Waals surface area contributed by atoms with Crippen molar-refractivity contribution >= 4 is 5.71 Å². The first-order chi connectivity index (χ1) is 7.48. The van der Waals surface area contributed by atoms with E-state index in [-0.39, 0.29) is 5.41 Å². The van der Waals surface area contributed by atoms with E-state index in [0.717, 1.165) is 18.4 Å². The molecule has 0 aliphatic heterocycles. The fourth-order valence-electron chi connectivity index (χ4n) is 1.92. The summed E-state index contributed by atoms with van der Waals surface area (Å²) in [5.74, 6) is 0. The second kappa shape index (κ2) is 5.30. The minimum absolute atomic E-state index is 0.286. The third kappa shape index (κ3) is 2.95. The molecule has 0 atom stereocenters. The van der Waals surface area contributed by atoms with Gasteiger partial charge in [0.1, 0.15) is 11.8 Å². The fraction of sp³-hybridized carbons (Fsp3) is 0.714. The summed E-state index contributed by atoms with van der Waals surface area (Å²) in [5, 5.41) is 9.22. The van der Waals surface area contributed by atoms with E-state index in [1.165, 1.54) is 19.3 Å². The van der Waals surface area contributed by atoms with Crippen molar-refractivity contribution in [1.82, 2.24) is 0 Å². The van der Waals surface area contributed by atoms with Crippen molar-refractivity contribution in [2.45, 2.75) is 58.9 Å². The van der Waals surface area contributed by atoms with Crippen LogP contribution in [0, 0.1) is 16.7 Å². The van der Waals surface area contributed by atoms with Crippen LogP contribution in [0.15, 0.2) is 17.1 Å². The number of aliphatic imine (C=N–C) groups is 1. The van der Waals surface area contributed by atoms with Crippen LogP contribution < -0.4 is 0 Å². The van der Waals surface area contributed by atoms with Crippen molar-refractivity contribution in [3.63, 3.8) is 0 Å². The Labute approximate surface area is 99.1 Å². The highest BCUT2D eigenvalue weighted by molar-refractivity contribution is 6.04. The number of nitrogens with zero attached hydrogens (tertiary/aromatic N) is 2. The number of rotatable bonds is 3. The lowest BCUT2D eigenvalue weighted by Crippen LogP contribution is -2.26. The Morgan fingerprint density at radius 2 is 1.88 bits per heavy atom. The van der Waals surface area contributed by atoms with Gasteiger partial charge in [0.05, 0.1) is 6.04 Å². The van der Waals surface area contributed by atoms with E-state index < -0.39 is 0 Å². The molecule has 1 aliphatic rings. The number of allylic oxidation sites excluding steroid dienone is 1. The topological polar surface area (TPSA) is 36.1 Å². The van der Waals surface area contributed by atoms with E-state index in [9.17, 15) is 5.26 Å². The Morgan fingerprint density at radius 3 is 2.31 bits per heavy atom. The van der Waals surface area contributed by atoms with Gasteiger partial charge in [0.15, 0.2) is 0 Å². The van der Waals surface area contributed by atoms with E-state index in [2.05, 4.69) is 17.6 Å². The minimum atomic E-state index is -0.286.